The molecule has 2 rings (SSSR count). The van der Waals surface area contributed by atoms with Crippen molar-refractivity contribution in [2.75, 3.05) is 57.4 Å². The Bertz CT molecular complexity index is 557. The van der Waals surface area contributed by atoms with Crippen molar-refractivity contribution in [3.8, 4) is 0 Å². The normalized spacial score (nSPS) is 24.9. The van der Waals surface area contributed by atoms with Crippen molar-refractivity contribution < 1.29 is 13.2 Å². The fourth-order valence-electron chi connectivity index (χ4n) is 4.11. The van der Waals surface area contributed by atoms with Gasteiger partial charge in [-0.05, 0) is 25.2 Å². The van der Waals surface area contributed by atoms with Crippen LogP contribution in [0.1, 0.15) is 40.0 Å². The molecule has 27 heavy (non-hydrogen) atoms. The Balaban J connectivity index is 1.97. The predicted octanol–water partition coefficient (Wildman–Crippen LogP) is 1.11. The SMILES string of the molecule is CCNC(=NCC(C(CC)CC)N1CCOCC1)NCC1CCS(=O)(=O)C1. The summed E-state index contributed by atoms with van der Waals surface area (Å²) in [6.45, 7) is 12.3. The number of nitrogens with zero attached hydrogens (tertiary/aromatic N) is 2. The first-order valence-electron chi connectivity index (χ1n) is 10.5. The average molecular weight is 403 g/mol. The molecule has 0 radical (unpaired) electrons. The molecule has 0 aliphatic carbocycles. The second-order valence-corrected chi connectivity index (χ2v) is 9.89. The van der Waals surface area contributed by atoms with Gasteiger partial charge in [-0.2, -0.15) is 0 Å². The van der Waals surface area contributed by atoms with Crippen LogP contribution in [0.15, 0.2) is 4.99 Å². The molecule has 7 nitrogen and oxygen atoms in total. The van der Waals surface area contributed by atoms with Crippen molar-refractivity contribution in [2.45, 2.75) is 46.1 Å². The number of nitrogens with one attached hydrogen (secondary N) is 2. The largest absolute Gasteiger partial charge is 0.379 e. The van der Waals surface area contributed by atoms with E-state index in [4.69, 9.17) is 9.73 Å². The van der Waals surface area contributed by atoms with Crippen LogP contribution in [0.5, 0.6) is 0 Å². The molecule has 2 saturated heterocycles. The van der Waals surface area contributed by atoms with Gasteiger partial charge in [0.1, 0.15) is 0 Å². The molecule has 0 spiro atoms. The highest BCUT2D eigenvalue weighted by Gasteiger charge is 2.28. The molecule has 2 N–H and O–H groups in total. The van der Waals surface area contributed by atoms with Crippen LogP contribution in [-0.4, -0.2) is 82.8 Å². The maximum absolute atomic E-state index is 11.7. The Hall–Kier alpha value is -0.860. The summed E-state index contributed by atoms with van der Waals surface area (Å²) in [4.78, 5) is 7.39. The lowest BCUT2D eigenvalue weighted by Crippen LogP contribution is -2.49. The smallest absolute Gasteiger partial charge is 0.191 e. The monoisotopic (exact) mass is 402 g/mol. The van der Waals surface area contributed by atoms with Gasteiger partial charge in [0.05, 0.1) is 31.3 Å². The fraction of sp³-hybridized carbons (Fsp3) is 0.947. The Morgan fingerprint density at radius 2 is 1.89 bits per heavy atom. The van der Waals surface area contributed by atoms with Gasteiger partial charge in [0.25, 0.3) is 0 Å². The highest BCUT2D eigenvalue weighted by atomic mass is 32.2. The van der Waals surface area contributed by atoms with Gasteiger partial charge in [0.15, 0.2) is 15.8 Å². The molecule has 2 fully saturated rings. The molecule has 0 amide bonds. The minimum Gasteiger partial charge on any atom is -0.379 e. The molecule has 2 atom stereocenters. The first-order chi connectivity index (χ1) is 13.0. The summed E-state index contributed by atoms with van der Waals surface area (Å²) in [5.74, 6) is 2.22. The Kier molecular flexibility index (Phi) is 9.32. The van der Waals surface area contributed by atoms with Gasteiger partial charge >= 0.3 is 0 Å². The molecule has 0 saturated carbocycles. The van der Waals surface area contributed by atoms with Gasteiger partial charge in [0.2, 0.25) is 0 Å². The molecular weight excluding hydrogens is 364 g/mol. The Labute approximate surface area is 165 Å². The van der Waals surface area contributed by atoms with Crippen LogP contribution >= 0.6 is 0 Å². The van der Waals surface area contributed by atoms with Crippen LogP contribution in [0.4, 0.5) is 0 Å². The van der Waals surface area contributed by atoms with E-state index < -0.39 is 9.84 Å². The summed E-state index contributed by atoms with van der Waals surface area (Å²) < 4.78 is 28.8. The second-order valence-electron chi connectivity index (χ2n) is 7.66. The van der Waals surface area contributed by atoms with E-state index in [1.54, 1.807) is 0 Å². The number of hydrogen-bond acceptors (Lipinski definition) is 5. The topological polar surface area (TPSA) is 83.0 Å². The number of rotatable bonds is 9. The lowest BCUT2D eigenvalue weighted by Gasteiger charge is -2.38. The molecule has 0 aromatic carbocycles. The maximum atomic E-state index is 11.7. The minimum atomic E-state index is -2.83. The van der Waals surface area contributed by atoms with E-state index in [1.807, 2.05) is 0 Å². The van der Waals surface area contributed by atoms with Crippen molar-refractivity contribution in [2.24, 2.45) is 16.8 Å². The standard InChI is InChI=1S/C19H38N4O3S/c1-4-17(5-2)18(23-8-10-26-11-9-23)14-22-19(20-6-3)21-13-16-7-12-27(24,25)15-16/h16-18H,4-15H2,1-3H3,(H2,20,21,22). The van der Waals surface area contributed by atoms with Crippen molar-refractivity contribution in [1.82, 2.24) is 15.5 Å². The highest BCUT2D eigenvalue weighted by Crippen LogP contribution is 2.21. The zero-order valence-electron chi connectivity index (χ0n) is 17.2. The minimum absolute atomic E-state index is 0.188. The van der Waals surface area contributed by atoms with Crippen molar-refractivity contribution in [3.63, 3.8) is 0 Å². The fourth-order valence-corrected chi connectivity index (χ4v) is 5.97. The first kappa shape index (κ1) is 22.4. The third kappa shape index (κ3) is 7.23. The van der Waals surface area contributed by atoms with Gasteiger partial charge in [-0.3, -0.25) is 9.89 Å². The molecule has 158 valence electrons. The molecule has 2 unspecified atom stereocenters. The summed E-state index contributed by atoms with van der Waals surface area (Å²) in [7, 11) is -2.83. The molecule has 2 aliphatic rings. The Morgan fingerprint density at radius 3 is 2.44 bits per heavy atom. The molecule has 0 aromatic heterocycles. The summed E-state index contributed by atoms with van der Waals surface area (Å²) >= 11 is 0. The van der Waals surface area contributed by atoms with E-state index in [-0.39, 0.29) is 5.92 Å². The summed E-state index contributed by atoms with van der Waals surface area (Å²) in [6.07, 6.45) is 3.05. The number of sulfone groups is 1. The van der Waals surface area contributed by atoms with Gasteiger partial charge in [-0.15, -0.1) is 0 Å². The number of aliphatic imine (C=N–C) groups is 1. The van der Waals surface area contributed by atoms with Crippen molar-refractivity contribution >= 4 is 15.8 Å². The Morgan fingerprint density at radius 1 is 1.19 bits per heavy atom. The number of hydrogen-bond donors (Lipinski definition) is 2. The quantitative estimate of drug-likeness (QED) is 0.444. The van der Waals surface area contributed by atoms with Crippen LogP contribution in [0.25, 0.3) is 0 Å². The highest BCUT2D eigenvalue weighted by molar-refractivity contribution is 7.91. The van der Waals surface area contributed by atoms with E-state index in [1.165, 1.54) is 0 Å². The predicted molar refractivity (Wildman–Crippen MR) is 111 cm³/mol. The van der Waals surface area contributed by atoms with E-state index in [9.17, 15) is 8.42 Å². The summed E-state index contributed by atoms with van der Waals surface area (Å²) in [6, 6.07) is 0.422. The molecule has 0 aromatic rings. The van der Waals surface area contributed by atoms with Crippen LogP contribution in [-0.2, 0) is 14.6 Å². The van der Waals surface area contributed by atoms with Crippen LogP contribution < -0.4 is 10.6 Å². The van der Waals surface area contributed by atoms with Gasteiger partial charge < -0.3 is 15.4 Å². The third-order valence-corrected chi connectivity index (χ3v) is 7.61. The summed E-state index contributed by atoms with van der Waals surface area (Å²) in [5.41, 5.74) is 0. The van der Waals surface area contributed by atoms with Crippen LogP contribution in [0, 0.1) is 11.8 Å². The van der Waals surface area contributed by atoms with E-state index in [0.29, 0.717) is 30.0 Å². The molecule has 0 bridgehead atoms. The number of morpholine rings is 1. The summed E-state index contributed by atoms with van der Waals surface area (Å²) in [5, 5.41) is 6.67. The lowest BCUT2D eigenvalue weighted by atomic mass is 9.92. The van der Waals surface area contributed by atoms with Crippen molar-refractivity contribution in [1.29, 1.82) is 0 Å². The van der Waals surface area contributed by atoms with Crippen molar-refractivity contribution in [3.05, 3.63) is 0 Å². The van der Waals surface area contributed by atoms with Gasteiger partial charge in [-0.25, -0.2) is 8.42 Å². The second kappa shape index (κ2) is 11.2. The molecule has 2 heterocycles. The lowest BCUT2D eigenvalue weighted by molar-refractivity contribution is 0.00395. The molecular formula is C19H38N4O3S. The first-order valence-corrected chi connectivity index (χ1v) is 12.4. The molecule has 8 heteroatoms. The van der Waals surface area contributed by atoms with E-state index in [2.05, 4.69) is 36.3 Å². The average Bonchev–Trinajstić information content (AvgIpc) is 3.02. The van der Waals surface area contributed by atoms with Crippen LogP contribution in [0.2, 0.25) is 0 Å². The maximum Gasteiger partial charge on any atom is 0.191 e. The number of guanidine groups is 1. The zero-order valence-corrected chi connectivity index (χ0v) is 18.1. The van der Waals surface area contributed by atoms with E-state index in [0.717, 1.165) is 64.6 Å². The third-order valence-electron chi connectivity index (χ3n) is 5.77. The van der Waals surface area contributed by atoms with Gasteiger partial charge in [-0.1, -0.05) is 26.7 Å². The van der Waals surface area contributed by atoms with Crippen LogP contribution in [0.3, 0.4) is 0 Å². The number of ether oxygens (including phenoxy) is 1. The van der Waals surface area contributed by atoms with Gasteiger partial charge in [0, 0.05) is 32.2 Å². The molecule has 2 aliphatic heterocycles. The van der Waals surface area contributed by atoms with E-state index >= 15 is 0 Å². The zero-order chi connectivity index (χ0) is 19.7.